The Morgan fingerprint density at radius 3 is 2.87 bits per heavy atom. The van der Waals surface area contributed by atoms with Crippen molar-refractivity contribution in [1.29, 1.82) is 0 Å². The molecule has 0 aromatic carbocycles. The van der Waals surface area contributed by atoms with E-state index in [1.807, 2.05) is 17.8 Å². The minimum Gasteiger partial charge on any atom is -0.396 e. The Labute approximate surface area is 98.8 Å². The first kappa shape index (κ1) is 12.7. The third-order valence-corrected chi connectivity index (χ3v) is 2.60. The highest BCUT2D eigenvalue weighted by molar-refractivity contribution is 9.10. The smallest absolute Gasteiger partial charge is 0.0632 e. The number of hydrogen-bond acceptors (Lipinski definition) is 3. The highest BCUT2D eigenvalue weighted by atomic mass is 79.9. The van der Waals surface area contributed by atoms with Crippen molar-refractivity contribution in [3.8, 4) is 0 Å². The first-order valence-electron chi connectivity index (χ1n) is 5.14. The second-order valence-electron chi connectivity index (χ2n) is 3.98. The molecule has 86 valence electrons. The number of hydrogen-bond donors (Lipinski definition) is 2. The van der Waals surface area contributed by atoms with Crippen molar-refractivity contribution in [3.05, 3.63) is 16.9 Å². The van der Waals surface area contributed by atoms with Gasteiger partial charge in [-0.1, -0.05) is 6.92 Å². The van der Waals surface area contributed by atoms with Crippen LogP contribution in [0.1, 0.15) is 13.8 Å². The fraction of sp³-hybridized carbons (Fsp3) is 0.700. The first-order valence-corrected chi connectivity index (χ1v) is 5.93. The molecule has 0 radical (unpaired) electrons. The Balaban J connectivity index is 2.27. The summed E-state index contributed by atoms with van der Waals surface area (Å²) in [4.78, 5) is 0. The minimum atomic E-state index is 0.229. The molecule has 15 heavy (non-hydrogen) atoms. The predicted octanol–water partition coefficient (Wildman–Crippen LogP) is 1.25. The van der Waals surface area contributed by atoms with Crippen LogP contribution >= 0.6 is 15.9 Å². The maximum atomic E-state index is 8.88. The van der Waals surface area contributed by atoms with Crippen LogP contribution in [-0.2, 0) is 6.54 Å². The maximum Gasteiger partial charge on any atom is 0.0632 e. The van der Waals surface area contributed by atoms with Crippen LogP contribution in [0.5, 0.6) is 0 Å². The average Bonchev–Trinajstić information content (AvgIpc) is 2.60. The summed E-state index contributed by atoms with van der Waals surface area (Å²) in [5.74, 6) is 0.303. The van der Waals surface area contributed by atoms with E-state index in [0.29, 0.717) is 12.0 Å². The molecular formula is C10H18BrN3O. The van der Waals surface area contributed by atoms with E-state index in [-0.39, 0.29) is 6.61 Å². The van der Waals surface area contributed by atoms with E-state index < -0.39 is 0 Å². The van der Waals surface area contributed by atoms with Gasteiger partial charge in [0.05, 0.1) is 17.2 Å². The average molecular weight is 276 g/mol. The van der Waals surface area contributed by atoms with Crippen molar-refractivity contribution in [2.75, 3.05) is 13.2 Å². The molecule has 1 heterocycles. The summed E-state index contributed by atoms with van der Waals surface area (Å²) in [5, 5.41) is 16.4. The van der Waals surface area contributed by atoms with Gasteiger partial charge < -0.3 is 10.4 Å². The topological polar surface area (TPSA) is 50.1 Å². The van der Waals surface area contributed by atoms with E-state index in [9.17, 15) is 0 Å². The second kappa shape index (κ2) is 6.25. The molecule has 0 saturated carbocycles. The van der Waals surface area contributed by atoms with Gasteiger partial charge in [0, 0.05) is 25.4 Å². The maximum absolute atomic E-state index is 8.88. The Morgan fingerprint density at radius 1 is 1.60 bits per heavy atom. The van der Waals surface area contributed by atoms with Crippen molar-refractivity contribution in [1.82, 2.24) is 15.1 Å². The fourth-order valence-electron chi connectivity index (χ4n) is 1.25. The van der Waals surface area contributed by atoms with E-state index in [2.05, 4.69) is 33.3 Å². The molecule has 1 aromatic rings. The zero-order chi connectivity index (χ0) is 11.3. The molecule has 0 aliphatic carbocycles. The van der Waals surface area contributed by atoms with E-state index in [0.717, 1.165) is 17.6 Å². The summed E-state index contributed by atoms with van der Waals surface area (Å²) in [5.41, 5.74) is 0. The summed E-state index contributed by atoms with van der Waals surface area (Å²) in [6.07, 6.45) is 3.73. The number of aliphatic hydroxyl groups excluding tert-OH is 1. The quantitative estimate of drug-likeness (QED) is 0.822. The number of aromatic nitrogens is 2. The summed E-state index contributed by atoms with van der Waals surface area (Å²) in [7, 11) is 0. The van der Waals surface area contributed by atoms with Gasteiger partial charge in [-0.25, -0.2) is 0 Å². The van der Waals surface area contributed by atoms with Gasteiger partial charge >= 0.3 is 0 Å². The van der Waals surface area contributed by atoms with Gasteiger partial charge in [-0.3, -0.25) is 4.68 Å². The molecule has 1 aromatic heterocycles. The normalized spacial score (nSPS) is 15.2. The first-order chi connectivity index (χ1) is 7.11. The Morgan fingerprint density at radius 2 is 2.33 bits per heavy atom. The van der Waals surface area contributed by atoms with Crippen LogP contribution in [0.25, 0.3) is 0 Å². The fourth-order valence-corrected chi connectivity index (χ4v) is 1.58. The van der Waals surface area contributed by atoms with Crippen molar-refractivity contribution in [3.63, 3.8) is 0 Å². The highest BCUT2D eigenvalue weighted by Crippen LogP contribution is 2.06. The lowest BCUT2D eigenvalue weighted by Gasteiger charge is -2.16. The molecule has 0 aliphatic rings. The lowest BCUT2D eigenvalue weighted by molar-refractivity contribution is 0.229. The van der Waals surface area contributed by atoms with Crippen LogP contribution in [0.2, 0.25) is 0 Å². The van der Waals surface area contributed by atoms with Gasteiger partial charge in [-0.2, -0.15) is 5.10 Å². The monoisotopic (exact) mass is 275 g/mol. The molecule has 0 amide bonds. The van der Waals surface area contributed by atoms with E-state index in [1.165, 1.54) is 0 Å². The van der Waals surface area contributed by atoms with E-state index in [4.69, 9.17) is 5.11 Å². The van der Waals surface area contributed by atoms with Gasteiger partial charge in [0.1, 0.15) is 0 Å². The molecule has 0 aliphatic heterocycles. The van der Waals surface area contributed by atoms with Gasteiger partial charge in [-0.15, -0.1) is 0 Å². The lowest BCUT2D eigenvalue weighted by Crippen LogP contribution is -2.34. The minimum absolute atomic E-state index is 0.229. The largest absolute Gasteiger partial charge is 0.396 e. The Kier molecular flexibility index (Phi) is 5.28. The second-order valence-corrected chi connectivity index (χ2v) is 4.89. The van der Waals surface area contributed by atoms with Gasteiger partial charge in [0.25, 0.3) is 0 Å². The van der Waals surface area contributed by atoms with Crippen molar-refractivity contribution >= 4 is 15.9 Å². The molecule has 2 atom stereocenters. The number of nitrogens with one attached hydrogen (secondary N) is 1. The molecule has 2 unspecified atom stereocenters. The predicted molar refractivity (Wildman–Crippen MR) is 63.6 cm³/mol. The van der Waals surface area contributed by atoms with Gasteiger partial charge in [0.2, 0.25) is 0 Å². The number of rotatable bonds is 6. The lowest BCUT2D eigenvalue weighted by atomic mass is 10.2. The van der Waals surface area contributed by atoms with Crippen LogP contribution in [0, 0.1) is 5.92 Å². The molecule has 0 bridgehead atoms. The molecule has 0 saturated heterocycles. The molecule has 0 fully saturated rings. The van der Waals surface area contributed by atoms with Crippen LogP contribution in [0.3, 0.4) is 0 Å². The van der Waals surface area contributed by atoms with Crippen molar-refractivity contribution in [2.24, 2.45) is 5.92 Å². The number of nitrogens with zero attached hydrogens (tertiary/aromatic N) is 2. The summed E-state index contributed by atoms with van der Waals surface area (Å²) in [6, 6.07) is 0.353. The van der Waals surface area contributed by atoms with Gasteiger partial charge in [-0.05, 0) is 28.8 Å². The molecular weight excluding hydrogens is 258 g/mol. The summed E-state index contributed by atoms with van der Waals surface area (Å²) >= 11 is 3.36. The van der Waals surface area contributed by atoms with Crippen LogP contribution in [0.15, 0.2) is 16.9 Å². The van der Waals surface area contributed by atoms with Crippen LogP contribution in [-0.4, -0.2) is 34.1 Å². The molecule has 0 spiro atoms. The van der Waals surface area contributed by atoms with Gasteiger partial charge in [0.15, 0.2) is 0 Å². The summed E-state index contributed by atoms with van der Waals surface area (Å²) in [6.45, 7) is 6.03. The number of halogens is 1. The summed E-state index contributed by atoms with van der Waals surface area (Å²) < 4.78 is 2.89. The Bertz CT molecular complexity index is 290. The standard InChI is InChI=1S/C10H18BrN3O/c1-8(7-15)3-12-9(2)5-14-6-10(11)4-13-14/h4,6,8-9,12,15H,3,5,7H2,1-2H3. The molecule has 5 heteroatoms. The molecule has 1 rings (SSSR count). The van der Waals surface area contributed by atoms with E-state index in [1.54, 1.807) is 6.20 Å². The molecule has 2 N–H and O–H groups in total. The molecule has 4 nitrogen and oxygen atoms in total. The van der Waals surface area contributed by atoms with Crippen molar-refractivity contribution < 1.29 is 5.11 Å². The highest BCUT2D eigenvalue weighted by Gasteiger charge is 2.06. The van der Waals surface area contributed by atoms with Crippen LogP contribution in [0.4, 0.5) is 0 Å². The Hall–Kier alpha value is -0.390. The van der Waals surface area contributed by atoms with Crippen molar-refractivity contribution in [2.45, 2.75) is 26.4 Å². The van der Waals surface area contributed by atoms with E-state index >= 15 is 0 Å². The zero-order valence-corrected chi connectivity index (χ0v) is 10.7. The van der Waals surface area contributed by atoms with Crippen LogP contribution < -0.4 is 5.32 Å². The third-order valence-electron chi connectivity index (χ3n) is 2.19. The third kappa shape index (κ3) is 4.77. The number of aliphatic hydroxyl groups is 1. The zero-order valence-electron chi connectivity index (χ0n) is 9.15. The SMILES string of the molecule is CC(CO)CNC(C)Cn1cc(Br)cn1.